The minimum Gasteiger partial charge on any atom is -0.298 e. The van der Waals surface area contributed by atoms with Gasteiger partial charge in [0, 0.05) is 5.56 Å². The van der Waals surface area contributed by atoms with Gasteiger partial charge >= 0.3 is 0 Å². The Morgan fingerprint density at radius 2 is 1.88 bits per heavy atom. The molecule has 0 spiro atoms. The maximum atomic E-state index is 11.0. The lowest BCUT2D eigenvalue weighted by Crippen LogP contribution is -2.19. The molecule has 0 aliphatic rings. The van der Waals surface area contributed by atoms with E-state index in [2.05, 4.69) is 33.8 Å². The maximum Gasteiger partial charge on any atom is 0.150 e. The standard InChI is InChI=1S/C15H22O/c1-12(2)9-10-15(3,4)14-8-6-5-7-13(14)11-16/h5-8,11-12H,9-10H2,1-4H3. The molecule has 0 saturated carbocycles. The first-order chi connectivity index (χ1) is 7.47. The van der Waals surface area contributed by atoms with Crippen molar-refractivity contribution in [3.8, 4) is 0 Å². The molecule has 1 heteroatoms. The summed E-state index contributed by atoms with van der Waals surface area (Å²) in [7, 11) is 0. The van der Waals surface area contributed by atoms with Crippen molar-refractivity contribution in [1.29, 1.82) is 0 Å². The quantitative estimate of drug-likeness (QED) is 0.676. The molecule has 1 aromatic rings. The van der Waals surface area contributed by atoms with Gasteiger partial charge in [0.25, 0.3) is 0 Å². The van der Waals surface area contributed by atoms with E-state index in [1.165, 1.54) is 12.0 Å². The van der Waals surface area contributed by atoms with Gasteiger partial charge in [-0.25, -0.2) is 0 Å². The molecule has 0 unspecified atom stereocenters. The predicted octanol–water partition coefficient (Wildman–Crippen LogP) is 4.21. The molecule has 1 aromatic carbocycles. The second-order valence-corrected chi connectivity index (χ2v) is 5.52. The SMILES string of the molecule is CC(C)CCC(C)(C)c1ccccc1C=O. The van der Waals surface area contributed by atoms with Crippen LogP contribution in [0.4, 0.5) is 0 Å². The minimum absolute atomic E-state index is 0.0851. The second kappa shape index (κ2) is 5.29. The highest BCUT2D eigenvalue weighted by Gasteiger charge is 2.23. The van der Waals surface area contributed by atoms with Crippen LogP contribution in [-0.4, -0.2) is 6.29 Å². The van der Waals surface area contributed by atoms with E-state index >= 15 is 0 Å². The average Bonchev–Trinajstić information content (AvgIpc) is 2.26. The first-order valence-corrected chi connectivity index (χ1v) is 6.02. The van der Waals surface area contributed by atoms with Crippen LogP contribution in [0.25, 0.3) is 0 Å². The molecule has 0 amide bonds. The highest BCUT2D eigenvalue weighted by Crippen LogP contribution is 2.31. The number of hydrogen-bond acceptors (Lipinski definition) is 1. The summed E-state index contributed by atoms with van der Waals surface area (Å²) in [4.78, 5) is 11.0. The topological polar surface area (TPSA) is 17.1 Å². The zero-order valence-electron chi connectivity index (χ0n) is 10.8. The summed E-state index contributed by atoms with van der Waals surface area (Å²) < 4.78 is 0. The van der Waals surface area contributed by atoms with E-state index in [4.69, 9.17) is 0 Å². The molecule has 0 fully saturated rings. The molecular formula is C15H22O. The molecule has 0 aliphatic carbocycles. The highest BCUT2D eigenvalue weighted by molar-refractivity contribution is 5.77. The lowest BCUT2D eigenvalue weighted by Gasteiger charge is -2.27. The summed E-state index contributed by atoms with van der Waals surface area (Å²) in [6, 6.07) is 7.91. The fourth-order valence-electron chi connectivity index (χ4n) is 2.00. The first-order valence-electron chi connectivity index (χ1n) is 6.02. The number of carbonyl (C=O) groups is 1. The molecule has 1 nitrogen and oxygen atoms in total. The maximum absolute atomic E-state index is 11.0. The Labute approximate surface area is 98.9 Å². The lowest BCUT2D eigenvalue weighted by atomic mass is 9.77. The number of benzene rings is 1. The van der Waals surface area contributed by atoms with E-state index in [0.29, 0.717) is 5.92 Å². The van der Waals surface area contributed by atoms with Crippen LogP contribution < -0.4 is 0 Å². The summed E-state index contributed by atoms with van der Waals surface area (Å²) >= 11 is 0. The number of rotatable bonds is 5. The Kier molecular flexibility index (Phi) is 4.28. The van der Waals surface area contributed by atoms with Crippen LogP contribution >= 0.6 is 0 Å². The van der Waals surface area contributed by atoms with E-state index < -0.39 is 0 Å². The molecule has 0 N–H and O–H groups in total. The second-order valence-electron chi connectivity index (χ2n) is 5.52. The first kappa shape index (κ1) is 13.0. The van der Waals surface area contributed by atoms with Crippen LogP contribution in [0.5, 0.6) is 0 Å². The highest BCUT2D eigenvalue weighted by atomic mass is 16.1. The zero-order valence-corrected chi connectivity index (χ0v) is 10.8. The van der Waals surface area contributed by atoms with Gasteiger partial charge in [-0.15, -0.1) is 0 Å². The smallest absolute Gasteiger partial charge is 0.150 e. The predicted molar refractivity (Wildman–Crippen MR) is 68.9 cm³/mol. The molecule has 0 heterocycles. The summed E-state index contributed by atoms with van der Waals surface area (Å²) in [6.07, 6.45) is 3.28. The Hall–Kier alpha value is -1.11. The van der Waals surface area contributed by atoms with E-state index in [1.807, 2.05) is 18.2 Å². The fraction of sp³-hybridized carbons (Fsp3) is 0.533. The van der Waals surface area contributed by atoms with Crippen LogP contribution in [0.15, 0.2) is 24.3 Å². The molecule has 0 aromatic heterocycles. The molecule has 0 bridgehead atoms. The largest absolute Gasteiger partial charge is 0.298 e. The van der Waals surface area contributed by atoms with Crippen LogP contribution in [0.1, 0.15) is 56.5 Å². The minimum atomic E-state index is 0.0851. The Balaban J connectivity index is 2.92. The van der Waals surface area contributed by atoms with Crippen molar-refractivity contribution >= 4 is 6.29 Å². The third-order valence-corrected chi connectivity index (χ3v) is 3.16. The Bertz CT molecular complexity index is 350. The summed E-state index contributed by atoms with van der Waals surface area (Å²) in [6.45, 7) is 8.92. The Morgan fingerprint density at radius 3 is 2.44 bits per heavy atom. The molecule has 0 saturated heterocycles. The van der Waals surface area contributed by atoms with Gasteiger partial charge in [-0.3, -0.25) is 4.79 Å². The molecule has 1 rings (SSSR count). The van der Waals surface area contributed by atoms with Gasteiger partial charge < -0.3 is 0 Å². The van der Waals surface area contributed by atoms with Gasteiger partial charge in [-0.05, 0) is 23.3 Å². The third kappa shape index (κ3) is 3.19. The number of aldehydes is 1. The van der Waals surface area contributed by atoms with Crippen molar-refractivity contribution in [2.45, 2.75) is 46.0 Å². The molecule has 88 valence electrons. The molecule has 0 radical (unpaired) electrons. The third-order valence-electron chi connectivity index (χ3n) is 3.16. The summed E-state index contributed by atoms with van der Waals surface area (Å²) in [5.41, 5.74) is 2.09. The number of hydrogen-bond donors (Lipinski definition) is 0. The normalized spacial score (nSPS) is 11.8. The fourth-order valence-corrected chi connectivity index (χ4v) is 2.00. The van der Waals surface area contributed by atoms with Gasteiger partial charge in [0.15, 0.2) is 0 Å². The van der Waals surface area contributed by atoms with Crippen LogP contribution in [-0.2, 0) is 5.41 Å². The van der Waals surface area contributed by atoms with E-state index in [1.54, 1.807) is 0 Å². The zero-order chi connectivity index (χ0) is 12.2. The van der Waals surface area contributed by atoms with Gasteiger partial charge in [0.05, 0.1) is 0 Å². The van der Waals surface area contributed by atoms with Crippen molar-refractivity contribution in [2.24, 2.45) is 5.92 Å². The summed E-state index contributed by atoms with van der Waals surface area (Å²) in [5.74, 6) is 0.711. The van der Waals surface area contributed by atoms with Gasteiger partial charge in [0.1, 0.15) is 6.29 Å². The number of carbonyl (C=O) groups excluding carboxylic acids is 1. The monoisotopic (exact) mass is 218 g/mol. The van der Waals surface area contributed by atoms with Crippen molar-refractivity contribution in [3.63, 3.8) is 0 Å². The van der Waals surface area contributed by atoms with Crippen molar-refractivity contribution in [1.82, 2.24) is 0 Å². The van der Waals surface area contributed by atoms with Crippen molar-refractivity contribution < 1.29 is 4.79 Å². The Morgan fingerprint density at radius 1 is 1.25 bits per heavy atom. The molecular weight excluding hydrogens is 196 g/mol. The van der Waals surface area contributed by atoms with Gasteiger partial charge in [-0.1, -0.05) is 58.4 Å². The van der Waals surface area contributed by atoms with E-state index in [0.717, 1.165) is 18.3 Å². The van der Waals surface area contributed by atoms with Crippen molar-refractivity contribution in [3.05, 3.63) is 35.4 Å². The van der Waals surface area contributed by atoms with Crippen LogP contribution in [0.2, 0.25) is 0 Å². The van der Waals surface area contributed by atoms with Gasteiger partial charge in [-0.2, -0.15) is 0 Å². The molecule has 16 heavy (non-hydrogen) atoms. The van der Waals surface area contributed by atoms with Crippen molar-refractivity contribution in [2.75, 3.05) is 0 Å². The van der Waals surface area contributed by atoms with E-state index in [9.17, 15) is 4.79 Å². The van der Waals surface area contributed by atoms with Crippen LogP contribution in [0, 0.1) is 5.92 Å². The van der Waals surface area contributed by atoms with Crippen LogP contribution in [0.3, 0.4) is 0 Å². The lowest BCUT2D eigenvalue weighted by molar-refractivity contribution is 0.112. The molecule has 0 atom stereocenters. The average molecular weight is 218 g/mol. The molecule has 0 aliphatic heterocycles. The van der Waals surface area contributed by atoms with Gasteiger partial charge in [0.2, 0.25) is 0 Å². The summed E-state index contributed by atoms with van der Waals surface area (Å²) in [5, 5.41) is 0. The van der Waals surface area contributed by atoms with E-state index in [-0.39, 0.29) is 5.41 Å².